The van der Waals surface area contributed by atoms with E-state index in [-0.39, 0.29) is 0 Å². The first-order valence-electron chi connectivity index (χ1n) is 11.2. The Kier molecular flexibility index (Phi) is 15.0. The van der Waals surface area contributed by atoms with E-state index in [0.29, 0.717) is 0 Å². The Bertz CT molecular complexity index is 1290. The normalized spacial score (nSPS) is 9.03. The number of benzene rings is 4. The molecular weight excluding hydrogens is 478 g/mol. The number of nitrogens with zero attached hydrogens (tertiary/aromatic N) is 3. The van der Waals surface area contributed by atoms with Crippen LogP contribution in [0.5, 0.6) is 0 Å². The summed E-state index contributed by atoms with van der Waals surface area (Å²) in [5.41, 5.74) is 4.55. The van der Waals surface area contributed by atoms with Crippen molar-refractivity contribution in [2.24, 2.45) is 10.2 Å². The van der Waals surface area contributed by atoms with Gasteiger partial charge in [0.05, 0.1) is 23.0 Å². The van der Waals surface area contributed by atoms with Crippen LogP contribution in [0.3, 0.4) is 0 Å². The van der Waals surface area contributed by atoms with E-state index in [4.69, 9.17) is 15.5 Å². The fraction of sp³-hybridized carbons (Fsp3) is 0. The third-order valence-corrected chi connectivity index (χ3v) is 4.27. The van der Waals surface area contributed by atoms with E-state index in [1.54, 1.807) is 0 Å². The predicted octanol–water partition coefficient (Wildman–Crippen LogP) is 7.84. The lowest BCUT2D eigenvalue weighted by molar-refractivity contribution is -0.132. The van der Waals surface area contributed by atoms with Crippen LogP contribution in [-0.2, 0) is 9.59 Å². The second kappa shape index (κ2) is 18.7. The third-order valence-electron chi connectivity index (χ3n) is 4.27. The molecule has 4 aromatic carbocycles. The van der Waals surface area contributed by atoms with Crippen molar-refractivity contribution in [1.29, 1.82) is 5.26 Å². The second-order valence-electron chi connectivity index (χ2n) is 6.98. The molecular formula is C31H27N3O4. The highest BCUT2D eigenvalue weighted by molar-refractivity contribution is 5.79. The maximum absolute atomic E-state index is 9.25. The predicted molar refractivity (Wildman–Crippen MR) is 149 cm³/mol. The van der Waals surface area contributed by atoms with E-state index in [1.165, 1.54) is 0 Å². The van der Waals surface area contributed by atoms with Crippen molar-refractivity contribution in [3.63, 3.8) is 0 Å². The summed E-state index contributed by atoms with van der Waals surface area (Å²) in [7, 11) is 0. The maximum atomic E-state index is 9.25. The number of hydrogen-bond acceptors (Lipinski definition) is 5. The van der Waals surface area contributed by atoms with Gasteiger partial charge in [-0.2, -0.15) is 15.5 Å². The summed E-state index contributed by atoms with van der Waals surface area (Å²) in [6.07, 6.45) is 1.67. The minimum absolute atomic E-state index is 0.721. The molecule has 4 aromatic rings. The molecule has 0 unspecified atom stereocenters. The summed E-state index contributed by atoms with van der Waals surface area (Å²) in [5, 5.41) is 32.3. The van der Waals surface area contributed by atoms with Crippen molar-refractivity contribution in [2.75, 3.05) is 0 Å². The van der Waals surface area contributed by atoms with Crippen molar-refractivity contribution in [1.82, 2.24) is 0 Å². The Labute approximate surface area is 222 Å². The topological polar surface area (TPSA) is 123 Å². The maximum Gasteiger partial charge on any atom is 0.327 e. The fourth-order valence-electron chi connectivity index (χ4n) is 2.55. The largest absolute Gasteiger partial charge is 0.478 e. The molecule has 0 saturated heterocycles. The molecule has 0 spiro atoms. The zero-order valence-electron chi connectivity index (χ0n) is 20.6. The average Bonchev–Trinajstić information content (AvgIpc) is 2.98. The minimum Gasteiger partial charge on any atom is -0.478 e. The van der Waals surface area contributed by atoms with Crippen molar-refractivity contribution in [2.45, 2.75) is 0 Å². The van der Waals surface area contributed by atoms with Gasteiger partial charge in [-0.1, -0.05) is 98.1 Å². The highest BCUT2D eigenvalue weighted by Crippen LogP contribution is 2.22. The summed E-state index contributed by atoms with van der Waals surface area (Å²) >= 11 is 0. The van der Waals surface area contributed by atoms with Crippen molar-refractivity contribution < 1.29 is 19.8 Å². The molecule has 0 aromatic heterocycles. The van der Waals surface area contributed by atoms with Gasteiger partial charge in [-0.3, -0.25) is 0 Å². The van der Waals surface area contributed by atoms with Crippen LogP contribution >= 0.6 is 0 Å². The van der Waals surface area contributed by atoms with Crippen LogP contribution in [0.25, 0.3) is 11.1 Å². The summed E-state index contributed by atoms with van der Waals surface area (Å²) < 4.78 is 0. The molecule has 0 amide bonds. The van der Waals surface area contributed by atoms with Gasteiger partial charge in [0.1, 0.15) is 0 Å². The molecule has 0 heterocycles. The molecule has 38 heavy (non-hydrogen) atoms. The molecule has 0 bridgehead atoms. The van der Waals surface area contributed by atoms with Crippen LogP contribution < -0.4 is 0 Å². The molecule has 0 aliphatic rings. The van der Waals surface area contributed by atoms with E-state index in [2.05, 4.69) is 29.5 Å². The van der Waals surface area contributed by atoms with Crippen molar-refractivity contribution in [3.05, 3.63) is 146 Å². The zero-order chi connectivity index (χ0) is 28.0. The van der Waals surface area contributed by atoms with E-state index in [0.717, 1.165) is 40.2 Å². The third kappa shape index (κ3) is 13.3. The Morgan fingerprint density at radius 2 is 0.974 bits per heavy atom. The van der Waals surface area contributed by atoms with Crippen LogP contribution in [0.1, 0.15) is 5.56 Å². The standard InChI is InChI=1S/C13H9N.C12H10N2.2C3H4O2/c14-10-12-8-4-5-9-13(12)11-6-2-1-3-7-11;1-3-7-11(8-4-1)13-14-12-9-5-2-6-10-12;2*1-2-3(4)5/h1-9H;1-10H;2*2H,1H2,(H,4,5). The number of aliphatic carboxylic acids is 2. The van der Waals surface area contributed by atoms with Gasteiger partial charge in [0.25, 0.3) is 0 Å². The van der Waals surface area contributed by atoms with Gasteiger partial charge in [0, 0.05) is 12.2 Å². The first-order chi connectivity index (χ1) is 18.4. The number of carboxylic acid groups (broad SMARTS) is 2. The number of carboxylic acids is 2. The lowest BCUT2D eigenvalue weighted by atomic mass is 10.0. The first-order valence-corrected chi connectivity index (χ1v) is 11.2. The van der Waals surface area contributed by atoms with Crippen LogP contribution in [0, 0.1) is 11.3 Å². The fourth-order valence-corrected chi connectivity index (χ4v) is 2.55. The molecule has 0 saturated carbocycles. The minimum atomic E-state index is -0.981. The van der Waals surface area contributed by atoms with Gasteiger partial charge < -0.3 is 10.2 Å². The molecule has 0 radical (unpaired) electrons. The summed E-state index contributed by atoms with van der Waals surface area (Å²) in [5.74, 6) is -1.96. The quantitative estimate of drug-likeness (QED) is 0.211. The average molecular weight is 506 g/mol. The monoisotopic (exact) mass is 505 g/mol. The van der Waals surface area contributed by atoms with E-state index in [9.17, 15) is 9.59 Å². The van der Waals surface area contributed by atoms with Gasteiger partial charge in [0.2, 0.25) is 0 Å². The Hall–Kier alpha value is -5.61. The lowest BCUT2D eigenvalue weighted by Gasteiger charge is -2.02. The van der Waals surface area contributed by atoms with Crippen LogP contribution in [0.2, 0.25) is 0 Å². The summed E-state index contributed by atoms with van der Waals surface area (Å²) in [6, 6.07) is 39.2. The van der Waals surface area contributed by atoms with Gasteiger partial charge in [-0.05, 0) is 41.5 Å². The zero-order valence-corrected chi connectivity index (χ0v) is 20.6. The number of hydrogen-bond donors (Lipinski definition) is 2. The molecule has 0 aliphatic carbocycles. The molecule has 7 heteroatoms. The number of nitriles is 1. The van der Waals surface area contributed by atoms with Crippen LogP contribution in [0.15, 0.2) is 151 Å². The number of azo groups is 1. The van der Waals surface area contributed by atoms with Crippen LogP contribution in [0.4, 0.5) is 11.4 Å². The Balaban J connectivity index is 0.000000284. The van der Waals surface area contributed by atoms with Gasteiger partial charge in [-0.25, -0.2) is 9.59 Å². The number of carbonyl (C=O) groups is 2. The highest BCUT2D eigenvalue weighted by Gasteiger charge is 2.01. The van der Waals surface area contributed by atoms with Gasteiger partial charge in [0.15, 0.2) is 0 Å². The van der Waals surface area contributed by atoms with E-state index >= 15 is 0 Å². The summed E-state index contributed by atoms with van der Waals surface area (Å²) in [6.45, 7) is 5.92. The molecule has 0 atom stereocenters. The van der Waals surface area contributed by atoms with E-state index in [1.807, 2.05) is 115 Å². The Morgan fingerprint density at radius 3 is 1.34 bits per heavy atom. The van der Waals surface area contributed by atoms with Gasteiger partial charge >= 0.3 is 11.9 Å². The molecule has 0 aliphatic heterocycles. The smallest absolute Gasteiger partial charge is 0.327 e. The lowest BCUT2D eigenvalue weighted by Crippen LogP contribution is -1.82. The summed E-state index contributed by atoms with van der Waals surface area (Å²) in [4.78, 5) is 18.5. The van der Waals surface area contributed by atoms with Crippen molar-refractivity contribution in [3.8, 4) is 17.2 Å². The Morgan fingerprint density at radius 1 is 0.632 bits per heavy atom. The van der Waals surface area contributed by atoms with Crippen LogP contribution in [-0.4, -0.2) is 22.2 Å². The molecule has 0 fully saturated rings. The number of rotatable bonds is 5. The molecule has 7 nitrogen and oxygen atoms in total. The SMILES string of the molecule is C=CC(=O)O.C=CC(=O)O.N#Cc1ccccc1-c1ccccc1.c1ccc(N=Nc2ccccc2)cc1. The van der Waals surface area contributed by atoms with E-state index < -0.39 is 11.9 Å². The highest BCUT2D eigenvalue weighted by atomic mass is 16.4. The second-order valence-corrected chi connectivity index (χ2v) is 6.98. The van der Waals surface area contributed by atoms with Gasteiger partial charge in [-0.15, -0.1) is 0 Å². The van der Waals surface area contributed by atoms with Crippen molar-refractivity contribution >= 4 is 23.3 Å². The molecule has 190 valence electrons. The molecule has 4 rings (SSSR count). The first kappa shape index (κ1) is 30.4. The molecule has 2 N–H and O–H groups in total.